The number of hydrogen-bond acceptors (Lipinski definition) is 6. The van der Waals surface area contributed by atoms with E-state index in [0.29, 0.717) is 29.2 Å². The summed E-state index contributed by atoms with van der Waals surface area (Å²) >= 11 is 0. The SMILES string of the molecule is O=C(Nc1cccc(C(F)(F)F)c1)n1ccc2cc(Oc3cc(CN4C[C@@H]5C[C@H]4CN5)ncn3)ccc21. The van der Waals surface area contributed by atoms with Crippen LogP contribution in [-0.2, 0) is 12.7 Å². The summed E-state index contributed by atoms with van der Waals surface area (Å²) in [5.74, 6) is 0.964. The van der Waals surface area contributed by atoms with E-state index >= 15 is 0 Å². The van der Waals surface area contributed by atoms with E-state index in [1.807, 2.05) is 6.07 Å². The lowest BCUT2D eigenvalue weighted by atomic mass is 10.2. The van der Waals surface area contributed by atoms with Gasteiger partial charge in [0.05, 0.1) is 16.8 Å². The number of carbonyl (C=O) groups is 1. The minimum absolute atomic E-state index is 0.0548. The molecule has 37 heavy (non-hydrogen) atoms. The van der Waals surface area contributed by atoms with Gasteiger partial charge in [-0.25, -0.2) is 14.8 Å². The second-order valence-corrected chi connectivity index (χ2v) is 9.29. The molecule has 11 heteroatoms. The Bertz CT molecular complexity index is 1470. The van der Waals surface area contributed by atoms with Gasteiger partial charge in [-0.3, -0.25) is 9.47 Å². The van der Waals surface area contributed by atoms with Gasteiger partial charge in [-0.1, -0.05) is 6.07 Å². The van der Waals surface area contributed by atoms with Crippen LogP contribution in [0, 0.1) is 0 Å². The van der Waals surface area contributed by atoms with Crippen LogP contribution in [0.5, 0.6) is 11.6 Å². The molecular weight excluding hydrogens is 485 g/mol. The highest BCUT2D eigenvalue weighted by atomic mass is 19.4. The predicted octanol–water partition coefficient (Wildman–Crippen LogP) is 4.87. The summed E-state index contributed by atoms with van der Waals surface area (Å²) in [6, 6.07) is 13.8. The molecule has 190 valence electrons. The van der Waals surface area contributed by atoms with Gasteiger partial charge >= 0.3 is 12.2 Å². The third kappa shape index (κ3) is 4.87. The van der Waals surface area contributed by atoms with Gasteiger partial charge in [-0.2, -0.15) is 13.2 Å². The van der Waals surface area contributed by atoms with E-state index in [0.717, 1.165) is 42.8 Å². The highest BCUT2D eigenvalue weighted by molar-refractivity contribution is 5.98. The van der Waals surface area contributed by atoms with E-state index in [4.69, 9.17) is 4.74 Å². The highest BCUT2D eigenvalue weighted by Gasteiger charge is 2.37. The zero-order valence-corrected chi connectivity index (χ0v) is 19.6. The monoisotopic (exact) mass is 508 g/mol. The van der Waals surface area contributed by atoms with Crippen LogP contribution in [0.2, 0.25) is 0 Å². The van der Waals surface area contributed by atoms with Crippen LogP contribution in [-0.4, -0.2) is 50.6 Å². The van der Waals surface area contributed by atoms with Gasteiger partial charge in [0.1, 0.15) is 12.1 Å². The van der Waals surface area contributed by atoms with E-state index in [1.165, 1.54) is 29.4 Å². The van der Waals surface area contributed by atoms with Crippen LogP contribution in [0.25, 0.3) is 10.9 Å². The highest BCUT2D eigenvalue weighted by Crippen LogP contribution is 2.31. The number of fused-ring (bicyclic) bond motifs is 3. The van der Waals surface area contributed by atoms with Gasteiger partial charge in [-0.15, -0.1) is 0 Å². The topological polar surface area (TPSA) is 84.3 Å². The van der Waals surface area contributed by atoms with Crippen molar-refractivity contribution in [1.29, 1.82) is 0 Å². The first kappa shape index (κ1) is 23.4. The Labute approximate surface area is 210 Å². The maximum Gasteiger partial charge on any atom is 0.416 e. The van der Waals surface area contributed by atoms with Gasteiger partial charge < -0.3 is 15.4 Å². The Morgan fingerprint density at radius 2 is 2.03 bits per heavy atom. The van der Waals surface area contributed by atoms with Gasteiger partial charge in [0.25, 0.3) is 0 Å². The van der Waals surface area contributed by atoms with E-state index in [9.17, 15) is 18.0 Å². The fraction of sp³-hybridized carbons (Fsp3) is 0.269. The first-order valence-corrected chi connectivity index (χ1v) is 11.9. The number of amides is 1. The Morgan fingerprint density at radius 1 is 1.14 bits per heavy atom. The maximum absolute atomic E-state index is 13.0. The molecule has 2 saturated heterocycles. The average Bonchev–Trinajstić information content (AvgIpc) is 3.59. The first-order valence-electron chi connectivity index (χ1n) is 11.9. The summed E-state index contributed by atoms with van der Waals surface area (Å²) in [6.45, 7) is 2.77. The summed E-state index contributed by atoms with van der Waals surface area (Å²) < 4.78 is 46.3. The molecule has 4 aromatic rings. The summed E-state index contributed by atoms with van der Waals surface area (Å²) in [7, 11) is 0. The van der Waals surface area contributed by atoms with Crippen molar-refractivity contribution in [1.82, 2.24) is 24.8 Å². The van der Waals surface area contributed by atoms with Crippen molar-refractivity contribution in [3.8, 4) is 11.6 Å². The molecule has 0 unspecified atom stereocenters. The molecule has 8 nitrogen and oxygen atoms in total. The number of ether oxygens (including phenoxy) is 1. The molecule has 2 aliphatic rings. The molecule has 2 aromatic carbocycles. The van der Waals surface area contributed by atoms with Crippen molar-refractivity contribution < 1.29 is 22.7 Å². The summed E-state index contributed by atoms with van der Waals surface area (Å²) in [5.41, 5.74) is 0.690. The second-order valence-electron chi connectivity index (χ2n) is 9.29. The fourth-order valence-corrected chi connectivity index (χ4v) is 5.01. The normalized spacial score (nSPS) is 19.4. The smallest absolute Gasteiger partial charge is 0.416 e. The molecule has 2 N–H and O–H groups in total. The number of anilines is 1. The van der Waals surface area contributed by atoms with Crippen molar-refractivity contribution in [2.24, 2.45) is 0 Å². The standard InChI is InChI=1S/C26H23F3N6O2/c27-26(28,29)17-2-1-3-18(9-17)33-25(36)35-7-6-16-8-22(4-5-23(16)35)37-24-11-20(31-15-32-24)14-34-13-19-10-21(34)12-30-19/h1-9,11,15,19,21,30H,10,12-14H2,(H,33,36)/t19-,21-/m0/s1. The number of piperazine rings is 1. The number of halogens is 3. The molecule has 2 aliphatic heterocycles. The van der Waals surface area contributed by atoms with Crippen LogP contribution < -0.4 is 15.4 Å². The minimum Gasteiger partial charge on any atom is -0.439 e. The number of nitrogens with zero attached hydrogens (tertiary/aromatic N) is 4. The number of alkyl halides is 3. The molecule has 1 amide bonds. The van der Waals surface area contributed by atoms with Gasteiger partial charge in [0, 0.05) is 55.1 Å². The zero-order chi connectivity index (χ0) is 25.6. The van der Waals surface area contributed by atoms with Gasteiger partial charge in [-0.05, 0) is 48.9 Å². The van der Waals surface area contributed by atoms with Crippen molar-refractivity contribution in [3.63, 3.8) is 0 Å². The second kappa shape index (κ2) is 9.16. The molecule has 0 radical (unpaired) electrons. The van der Waals surface area contributed by atoms with E-state index in [1.54, 1.807) is 30.5 Å². The van der Waals surface area contributed by atoms with E-state index in [-0.39, 0.29) is 5.69 Å². The lowest BCUT2D eigenvalue weighted by Gasteiger charge is -2.26. The molecule has 2 atom stereocenters. The van der Waals surface area contributed by atoms with Crippen LogP contribution in [0.15, 0.2) is 67.1 Å². The van der Waals surface area contributed by atoms with Crippen LogP contribution >= 0.6 is 0 Å². The van der Waals surface area contributed by atoms with E-state index < -0.39 is 17.8 Å². The zero-order valence-electron chi connectivity index (χ0n) is 19.6. The third-order valence-electron chi connectivity index (χ3n) is 6.78. The predicted molar refractivity (Wildman–Crippen MR) is 131 cm³/mol. The molecular formula is C26H23F3N6O2. The maximum atomic E-state index is 13.0. The van der Waals surface area contributed by atoms with Crippen molar-refractivity contribution in [2.45, 2.75) is 31.2 Å². The molecule has 0 spiro atoms. The Hall–Kier alpha value is -3.96. The number of benzene rings is 2. The lowest BCUT2D eigenvalue weighted by Crippen LogP contribution is -2.43. The minimum atomic E-state index is -4.49. The molecule has 2 bridgehead atoms. The quantitative estimate of drug-likeness (QED) is 0.400. The number of hydrogen-bond donors (Lipinski definition) is 2. The van der Waals surface area contributed by atoms with Crippen molar-refractivity contribution >= 4 is 22.6 Å². The molecule has 2 aromatic heterocycles. The van der Waals surface area contributed by atoms with Crippen molar-refractivity contribution in [3.05, 3.63) is 78.4 Å². The van der Waals surface area contributed by atoms with Crippen molar-refractivity contribution in [2.75, 3.05) is 18.4 Å². The molecule has 0 saturated carbocycles. The Morgan fingerprint density at radius 3 is 2.81 bits per heavy atom. The number of nitrogens with one attached hydrogen (secondary N) is 2. The molecule has 0 aliphatic carbocycles. The number of aromatic nitrogens is 3. The molecule has 4 heterocycles. The first-order chi connectivity index (χ1) is 17.8. The summed E-state index contributed by atoms with van der Waals surface area (Å²) in [5, 5.41) is 6.74. The lowest BCUT2D eigenvalue weighted by molar-refractivity contribution is -0.137. The largest absolute Gasteiger partial charge is 0.439 e. The number of likely N-dealkylation sites (tertiary alicyclic amines) is 1. The molecule has 6 rings (SSSR count). The van der Waals surface area contributed by atoms with Crippen LogP contribution in [0.4, 0.5) is 23.7 Å². The fourth-order valence-electron chi connectivity index (χ4n) is 5.01. The number of rotatable bonds is 5. The Kier molecular flexibility index (Phi) is 5.81. The van der Waals surface area contributed by atoms with Gasteiger partial charge in [0.2, 0.25) is 5.88 Å². The van der Waals surface area contributed by atoms with Gasteiger partial charge in [0.15, 0.2) is 0 Å². The summed E-state index contributed by atoms with van der Waals surface area (Å²) in [6.07, 6.45) is -0.276. The third-order valence-corrected chi connectivity index (χ3v) is 6.78. The van der Waals surface area contributed by atoms with Crippen LogP contribution in [0.1, 0.15) is 17.7 Å². The summed E-state index contributed by atoms with van der Waals surface area (Å²) in [4.78, 5) is 23.8. The molecule has 2 fully saturated rings. The van der Waals surface area contributed by atoms with E-state index in [2.05, 4.69) is 25.5 Å². The average molecular weight is 509 g/mol. The number of carbonyl (C=O) groups excluding carboxylic acids is 1. The Balaban J connectivity index is 1.15. The van der Waals surface area contributed by atoms with Crippen LogP contribution in [0.3, 0.4) is 0 Å².